The zero-order valence-corrected chi connectivity index (χ0v) is 18.2. The van der Waals surface area contributed by atoms with Crippen LogP contribution in [0, 0.1) is 0 Å². The summed E-state index contributed by atoms with van der Waals surface area (Å²) in [5.41, 5.74) is 5.54. The van der Waals surface area contributed by atoms with Gasteiger partial charge in [-0.05, 0) is 49.7 Å². The van der Waals surface area contributed by atoms with E-state index in [1.807, 2.05) is 25.2 Å². The molecule has 0 spiro atoms. The monoisotopic (exact) mass is 446 g/mol. The minimum Gasteiger partial charge on any atom is -0.304 e. The SMILES string of the molecule is CN1CCN(S(=O)(=O)c2cccc(C(=O)N/N=C3\CCc4c(Cl)cccc43)c2)CC1. The Bertz CT molecular complexity index is 1110. The Morgan fingerprint density at radius 1 is 1.07 bits per heavy atom. The van der Waals surface area contributed by atoms with Crippen LogP contribution < -0.4 is 5.43 Å². The molecule has 2 aromatic carbocycles. The molecule has 1 aliphatic heterocycles. The molecule has 0 radical (unpaired) electrons. The maximum atomic E-state index is 12.9. The van der Waals surface area contributed by atoms with Crippen LogP contribution in [0.15, 0.2) is 52.5 Å². The second kappa shape index (κ2) is 8.47. The summed E-state index contributed by atoms with van der Waals surface area (Å²) in [6, 6.07) is 11.7. The van der Waals surface area contributed by atoms with Crippen molar-refractivity contribution in [3.05, 3.63) is 64.2 Å². The normalized spacial score (nSPS) is 19.1. The predicted octanol–water partition coefficient (Wildman–Crippen LogP) is 2.36. The van der Waals surface area contributed by atoms with Crippen LogP contribution in [0.1, 0.15) is 27.9 Å². The number of nitrogens with one attached hydrogen (secondary N) is 1. The largest absolute Gasteiger partial charge is 0.304 e. The van der Waals surface area contributed by atoms with E-state index >= 15 is 0 Å². The lowest BCUT2D eigenvalue weighted by atomic mass is 10.1. The first-order valence-electron chi connectivity index (χ1n) is 9.79. The van der Waals surface area contributed by atoms with Crippen LogP contribution in [-0.2, 0) is 16.4 Å². The molecule has 0 saturated carbocycles. The van der Waals surface area contributed by atoms with Crippen LogP contribution in [0.2, 0.25) is 5.02 Å². The van der Waals surface area contributed by atoms with Crippen LogP contribution in [0.3, 0.4) is 0 Å². The average Bonchev–Trinajstić information content (AvgIpc) is 3.17. The van der Waals surface area contributed by atoms with E-state index in [-0.39, 0.29) is 10.5 Å². The average molecular weight is 447 g/mol. The number of carbonyl (C=O) groups excluding carboxylic acids is 1. The van der Waals surface area contributed by atoms with Crippen molar-refractivity contribution in [3.63, 3.8) is 0 Å². The third-order valence-corrected chi connectivity index (χ3v) is 7.78. The van der Waals surface area contributed by atoms with Crippen molar-refractivity contribution >= 4 is 33.2 Å². The van der Waals surface area contributed by atoms with Crippen molar-refractivity contribution in [2.24, 2.45) is 5.10 Å². The lowest BCUT2D eigenvalue weighted by Crippen LogP contribution is -2.47. The fourth-order valence-corrected chi connectivity index (χ4v) is 5.47. The summed E-state index contributed by atoms with van der Waals surface area (Å²) in [4.78, 5) is 14.8. The van der Waals surface area contributed by atoms with Gasteiger partial charge in [0.2, 0.25) is 10.0 Å². The van der Waals surface area contributed by atoms with Gasteiger partial charge in [0.15, 0.2) is 0 Å². The van der Waals surface area contributed by atoms with Crippen LogP contribution in [0.5, 0.6) is 0 Å². The number of amides is 1. The Kier molecular flexibility index (Phi) is 5.92. The van der Waals surface area contributed by atoms with Crippen molar-refractivity contribution in [1.29, 1.82) is 0 Å². The fourth-order valence-electron chi connectivity index (χ4n) is 3.74. The van der Waals surface area contributed by atoms with Crippen molar-refractivity contribution in [1.82, 2.24) is 14.6 Å². The Morgan fingerprint density at radius 3 is 2.57 bits per heavy atom. The predicted molar refractivity (Wildman–Crippen MR) is 116 cm³/mol. The number of likely N-dealkylation sites (N-methyl/N-ethyl adjacent to an activating group) is 1. The summed E-state index contributed by atoms with van der Waals surface area (Å²) in [5, 5.41) is 4.96. The second-order valence-electron chi connectivity index (χ2n) is 7.50. The van der Waals surface area contributed by atoms with Gasteiger partial charge in [-0.3, -0.25) is 4.79 Å². The summed E-state index contributed by atoms with van der Waals surface area (Å²) in [6.45, 7) is 2.24. The topological polar surface area (TPSA) is 82.1 Å². The number of hydrazone groups is 1. The first kappa shape index (κ1) is 21.0. The zero-order valence-electron chi connectivity index (χ0n) is 16.6. The van der Waals surface area contributed by atoms with Crippen LogP contribution in [0.25, 0.3) is 0 Å². The van der Waals surface area contributed by atoms with Gasteiger partial charge in [0, 0.05) is 42.3 Å². The molecular formula is C21H23ClN4O3S. The summed E-state index contributed by atoms with van der Waals surface area (Å²) in [6.07, 6.45) is 1.47. The van der Waals surface area contributed by atoms with Gasteiger partial charge in [0.05, 0.1) is 10.6 Å². The summed E-state index contributed by atoms with van der Waals surface area (Å²) in [7, 11) is -1.68. The van der Waals surface area contributed by atoms with Gasteiger partial charge in [-0.2, -0.15) is 9.41 Å². The fraction of sp³-hybridized carbons (Fsp3) is 0.333. The number of halogens is 1. The smallest absolute Gasteiger partial charge is 0.271 e. The van der Waals surface area contributed by atoms with E-state index in [1.54, 1.807) is 12.1 Å². The molecule has 1 aliphatic carbocycles. The first-order chi connectivity index (χ1) is 14.4. The first-order valence-corrected chi connectivity index (χ1v) is 11.6. The van der Waals surface area contributed by atoms with Gasteiger partial charge >= 0.3 is 0 Å². The lowest BCUT2D eigenvalue weighted by molar-refractivity contribution is 0.0954. The van der Waals surface area contributed by atoms with E-state index in [1.165, 1.54) is 16.4 Å². The Balaban J connectivity index is 1.51. The summed E-state index contributed by atoms with van der Waals surface area (Å²) >= 11 is 6.22. The summed E-state index contributed by atoms with van der Waals surface area (Å²) < 4.78 is 27.3. The quantitative estimate of drug-likeness (QED) is 0.731. The highest BCUT2D eigenvalue weighted by Crippen LogP contribution is 2.28. The van der Waals surface area contributed by atoms with Gasteiger partial charge < -0.3 is 4.90 Å². The number of nitrogens with zero attached hydrogens (tertiary/aromatic N) is 3. The molecule has 0 bridgehead atoms. The molecule has 158 valence electrons. The van der Waals surface area contributed by atoms with Crippen molar-refractivity contribution in [3.8, 4) is 0 Å². The molecule has 1 fully saturated rings. The number of rotatable bonds is 4. The molecule has 1 saturated heterocycles. The zero-order chi connectivity index (χ0) is 21.3. The third-order valence-electron chi connectivity index (χ3n) is 5.53. The third kappa shape index (κ3) is 4.13. The van der Waals surface area contributed by atoms with Crippen molar-refractivity contribution in [2.45, 2.75) is 17.7 Å². The van der Waals surface area contributed by atoms with Crippen molar-refractivity contribution in [2.75, 3.05) is 33.2 Å². The van der Waals surface area contributed by atoms with E-state index < -0.39 is 15.9 Å². The molecule has 1 amide bonds. The molecule has 0 unspecified atom stereocenters. The number of hydrogen-bond donors (Lipinski definition) is 1. The molecule has 30 heavy (non-hydrogen) atoms. The number of hydrogen-bond acceptors (Lipinski definition) is 5. The van der Waals surface area contributed by atoms with Crippen LogP contribution in [0.4, 0.5) is 0 Å². The van der Waals surface area contributed by atoms with Crippen LogP contribution in [-0.4, -0.2) is 62.5 Å². The Morgan fingerprint density at radius 2 is 1.80 bits per heavy atom. The molecule has 1 heterocycles. The lowest BCUT2D eigenvalue weighted by Gasteiger charge is -2.31. The molecule has 2 aliphatic rings. The molecule has 2 aromatic rings. The van der Waals surface area contributed by atoms with Gasteiger partial charge in [0.25, 0.3) is 5.91 Å². The molecule has 0 atom stereocenters. The van der Waals surface area contributed by atoms with Gasteiger partial charge in [0.1, 0.15) is 0 Å². The van der Waals surface area contributed by atoms with Gasteiger partial charge in [-0.1, -0.05) is 29.8 Å². The molecule has 1 N–H and O–H groups in total. The van der Waals surface area contributed by atoms with E-state index in [9.17, 15) is 13.2 Å². The molecule has 9 heteroatoms. The maximum absolute atomic E-state index is 12.9. The highest BCUT2D eigenvalue weighted by molar-refractivity contribution is 7.89. The Hall–Kier alpha value is -2.26. The van der Waals surface area contributed by atoms with E-state index in [0.717, 1.165) is 23.3 Å². The number of sulfonamides is 1. The highest BCUT2D eigenvalue weighted by Gasteiger charge is 2.28. The van der Waals surface area contributed by atoms with E-state index in [2.05, 4.69) is 15.4 Å². The standard InChI is InChI=1S/C21H23ClN4O3S/c1-25-10-12-26(13-11-25)30(28,29)16-5-2-4-15(14-16)21(27)24-23-20-9-8-17-18(20)6-3-7-19(17)22/h2-7,14H,8-13H2,1H3,(H,24,27)/b23-20+. The number of benzene rings is 2. The number of carbonyl (C=O) groups is 1. The second-order valence-corrected chi connectivity index (χ2v) is 9.85. The molecule has 4 rings (SSSR count). The summed E-state index contributed by atoms with van der Waals surface area (Å²) in [5.74, 6) is -0.451. The van der Waals surface area contributed by atoms with E-state index in [0.29, 0.717) is 37.6 Å². The molecule has 0 aromatic heterocycles. The Labute approximate surface area is 181 Å². The van der Waals surface area contributed by atoms with Gasteiger partial charge in [-0.25, -0.2) is 13.8 Å². The van der Waals surface area contributed by atoms with E-state index in [4.69, 9.17) is 11.6 Å². The molecule has 7 nitrogen and oxygen atoms in total. The number of fused-ring (bicyclic) bond motifs is 1. The minimum absolute atomic E-state index is 0.116. The maximum Gasteiger partial charge on any atom is 0.271 e. The van der Waals surface area contributed by atoms with Gasteiger partial charge in [-0.15, -0.1) is 0 Å². The van der Waals surface area contributed by atoms with Crippen molar-refractivity contribution < 1.29 is 13.2 Å². The van der Waals surface area contributed by atoms with Crippen LogP contribution >= 0.6 is 11.6 Å². The minimum atomic E-state index is -3.64. The highest BCUT2D eigenvalue weighted by atomic mass is 35.5. The molecular weight excluding hydrogens is 424 g/mol. The number of piperazine rings is 1.